The van der Waals surface area contributed by atoms with Crippen LogP contribution in [0.2, 0.25) is 0 Å². The Balaban J connectivity index is 0.881. The van der Waals surface area contributed by atoms with Gasteiger partial charge in [0, 0.05) is 50.4 Å². The number of aromatic nitrogens is 1. The van der Waals surface area contributed by atoms with E-state index < -0.39 is 29.7 Å². The maximum Gasteiger partial charge on any atom is 0.261 e. The van der Waals surface area contributed by atoms with Gasteiger partial charge in [0.25, 0.3) is 11.8 Å². The van der Waals surface area contributed by atoms with E-state index in [1.807, 2.05) is 12.1 Å². The molecule has 1 atom stereocenters. The van der Waals surface area contributed by atoms with Crippen LogP contribution >= 0.6 is 0 Å². The number of piperidine rings is 1. The highest BCUT2D eigenvalue weighted by Gasteiger charge is 2.53. The number of imide groups is 2. The van der Waals surface area contributed by atoms with Gasteiger partial charge >= 0.3 is 0 Å². The van der Waals surface area contributed by atoms with E-state index in [0.29, 0.717) is 29.0 Å². The number of rotatable bonds is 11. The first-order valence-corrected chi connectivity index (χ1v) is 17.5. The maximum absolute atomic E-state index is 13.1. The SMILES string of the molecule is CC1(C)CC(C)(C)C1NC(=O)c1ccc(N2CCN(CCCCCOc3ccc4c(c3)CC(=O)N(C3CCC(=O)NC3=O)C4=O)CC2)nc1. The topological polar surface area (TPSA) is 141 Å². The zero-order chi connectivity index (χ0) is 34.9. The Kier molecular flexibility index (Phi) is 9.79. The Morgan fingerprint density at radius 1 is 0.980 bits per heavy atom. The van der Waals surface area contributed by atoms with Crippen LogP contribution in [0.3, 0.4) is 0 Å². The number of anilines is 1. The number of pyridine rings is 1. The molecule has 49 heavy (non-hydrogen) atoms. The third-order valence-electron chi connectivity index (χ3n) is 10.5. The minimum atomic E-state index is -0.960. The molecule has 5 amide bonds. The molecule has 4 aliphatic rings. The van der Waals surface area contributed by atoms with Gasteiger partial charge in [0.15, 0.2) is 0 Å². The van der Waals surface area contributed by atoms with E-state index in [1.54, 1.807) is 24.4 Å². The number of piperazine rings is 1. The summed E-state index contributed by atoms with van der Waals surface area (Å²) in [5.41, 5.74) is 1.76. The third kappa shape index (κ3) is 7.49. The molecule has 1 aliphatic carbocycles. The lowest BCUT2D eigenvalue weighted by Gasteiger charge is -2.57. The highest BCUT2D eigenvalue weighted by atomic mass is 16.5. The van der Waals surface area contributed by atoms with Gasteiger partial charge in [-0.25, -0.2) is 4.98 Å². The molecule has 3 fully saturated rings. The van der Waals surface area contributed by atoms with Crippen molar-refractivity contribution in [2.45, 2.75) is 84.7 Å². The molecule has 1 unspecified atom stereocenters. The highest BCUT2D eigenvalue weighted by Crippen LogP contribution is 2.53. The van der Waals surface area contributed by atoms with Gasteiger partial charge in [0.05, 0.1) is 18.6 Å². The maximum atomic E-state index is 13.1. The summed E-state index contributed by atoms with van der Waals surface area (Å²) in [5.74, 6) is -0.511. The average Bonchev–Trinajstić information content (AvgIpc) is 3.05. The third-order valence-corrected chi connectivity index (χ3v) is 10.5. The number of hydrogen-bond acceptors (Lipinski definition) is 9. The molecule has 2 N–H and O–H groups in total. The summed E-state index contributed by atoms with van der Waals surface area (Å²) in [6.45, 7) is 14.1. The summed E-state index contributed by atoms with van der Waals surface area (Å²) in [4.78, 5) is 73.0. The van der Waals surface area contributed by atoms with Crippen LogP contribution in [0.15, 0.2) is 36.5 Å². The van der Waals surface area contributed by atoms with Crippen LogP contribution in [0.4, 0.5) is 5.82 Å². The van der Waals surface area contributed by atoms with Gasteiger partial charge in [-0.3, -0.25) is 39.1 Å². The van der Waals surface area contributed by atoms with E-state index in [0.717, 1.165) is 69.1 Å². The number of fused-ring (bicyclic) bond motifs is 1. The second-order valence-electron chi connectivity index (χ2n) is 15.2. The van der Waals surface area contributed by atoms with Gasteiger partial charge in [0.1, 0.15) is 17.6 Å². The van der Waals surface area contributed by atoms with Gasteiger partial charge in [-0.15, -0.1) is 0 Å². The van der Waals surface area contributed by atoms with Gasteiger partial charge < -0.3 is 15.0 Å². The second kappa shape index (κ2) is 13.9. The van der Waals surface area contributed by atoms with Crippen LogP contribution in [0.25, 0.3) is 0 Å². The molecule has 3 aliphatic heterocycles. The molecular formula is C37H48N6O6. The highest BCUT2D eigenvalue weighted by molar-refractivity contribution is 6.13. The van der Waals surface area contributed by atoms with Crippen molar-refractivity contribution < 1.29 is 28.7 Å². The Morgan fingerprint density at radius 2 is 1.73 bits per heavy atom. The largest absolute Gasteiger partial charge is 0.494 e. The summed E-state index contributed by atoms with van der Waals surface area (Å²) in [6.07, 6.45) is 5.98. The lowest BCUT2D eigenvalue weighted by atomic mass is 9.52. The quantitative estimate of drug-likeness (QED) is 0.272. The normalized spacial score (nSPS) is 22.3. The van der Waals surface area contributed by atoms with Crippen LogP contribution < -0.4 is 20.3 Å². The number of hydrogen-bond donors (Lipinski definition) is 2. The monoisotopic (exact) mass is 672 g/mol. The first-order chi connectivity index (χ1) is 23.3. The van der Waals surface area contributed by atoms with Crippen molar-refractivity contribution in [2.24, 2.45) is 10.8 Å². The van der Waals surface area contributed by atoms with Gasteiger partial charge in [-0.2, -0.15) is 0 Å². The van der Waals surface area contributed by atoms with Crippen molar-refractivity contribution in [3.8, 4) is 5.75 Å². The molecule has 0 radical (unpaired) electrons. The van der Waals surface area contributed by atoms with Crippen LogP contribution in [-0.2, 0) is 20.8 Å². The molecule has 0 bridgehead atoms. The summed E-state index contributed by atoms with van der Waals surface area (Å²) in [6, 6.07) is 8.13. The van der Waals surface area contributed by atoms with Crippen LogP contribution in [0.1, 0.15) is 92.5 Å². The summed E-state index contributed by atoms with van der Waals surface area (Å²) < 4.78 is 5.95. The predicted molar refractivity (Wildman–Crippen MR) is 183 cm³/mol. The lowest BCUT2D eigenvalue weighted by molar-refractivity contribution is -0.143. The number of nitrogens with one attached hydrogen (secondary N) is 2. The fraction of sp³-hybridized carbons (Fsp3) is 0.568. The second-order valence-corrected chi connectivity index (χ2v) is 15.2. The average molecular weight is 673 g/mol. The standard InChI is InChI=1S/C37H48N6O6/c1-36(2)23-37(3,4)35(36)40-32(46)24-8-12-29(38-22-24)42-17-15-41(16-18-42)14-6-5-7-19-49-26-9-10-27-25(20-26)21-31(45)43(34(27)48)28-11-13-30(44)39-33(28)47/h8-10,12,20,22,28,35H,5-7,11,13-19,21,23H2,1-4H3,(H,40,46)(H,39,44,47). The molecule has 12 nitrogen and oxygen atoms in total. The Hall–Kier alpha value is -4.32. The van der Waals surface area contributed by atoms with Crippen LogP contribution in [0, 0.1) is 10.8 Å². The van der Waals surface area contributed by atoms with Crippen molar-refractivity contribution in [1.82, 2.24) is 25.4 Å². The zero-order valence-corrected chi connectivity index (χ0v) is 29.0. The minimum absolute atomic E-state index is 0.000594. The summed E-state index contributed by atoms with van der Waals surface area (Å²) in [7, 11) is 0. The molecular weight excluding hydrogens is 624 g/mol. The van der Waals surface area contributed by atoms with Gasteiger partial charge in [-0.1, -0.05) is 27.7 Å². The molecule has 12 heteroatoms. The zero-order valence-electron chi connectivity index (χ0n) is 29.0. The number of carbonyl (C=O) groups is 5. The molecule has 1 saturated carbocycles. The fourth-order valence-corrected chi connectivity index (χ4v) is 8.37. The smallest absolute Gasteiger partial charge is 0.261 e. The Bertz CT molecular complexity index is 1600. The minimum Gasteiger partial charge on any atom is -0.494 e. The van der Waals surface area contributed by atoms with Crippen molar-refractivity contribution in [3.63, 3.8) is 0 Å². The van der Waals surface area contributed by atoms with Crippen molar-refractivity contribution in [1.29, 1.82) is 0 Å². The van der Waals surface area contributed by atoms with E-state index in [1.165, 1.54) is 0 Å². The molecule has 1 aromatic heterocycles. The molecule has 0 spiro atoms. The van der Waals surface area contributed by atoms with Crippen LogP contribution in [0.5, 0.6) is 5.75 Å². The molecule has 4 heterocycles. The summed E-state index contributed by atoms with van der Waals surface area (Å²) >= 11 is 0. The summed E-state index contributed by atoms with van der Waals surface area (Å²) in [5, 5.41) is 5.45. The Labute approximate surface area is 287 Å². The molecule has 2 saturated heterocycles. The van der Waals surface area contributed by atoms with E-state index in [2.05, 4.69) is 53.1 Å². The van der Waals surface area contributed by atoms with E-state index in [-0.39, 0.29) is 42.0 Å². The predicted octanol–water partition coefficient (Wildman–Crippen LogP) is 3.34. The fourth-order valence-electron chi connectivity index (χ4n) is 8.37. The number of nitrogens with zero attached hydrogens (tertiary/aromatic N) is 4. The molecule has 2 aromatic rings. The molecule has 1 aromatic carbocycles. The van der Waals surface area contributed by atoms with Crippen molar-refractivity contribution in [3.05, 3.63) is 53.2 Å². The van der Waals surface area contributed by atoms with Gasteiger partial charge in [-0.05, 0) is 85.4 Å². The number of unbranched alkanes of at least 4 members (excludes halogenated alkanes) is 2. The van der Waals surface area contributed by atoms with E-state index in [9.17, 15) is 24.0 Å². The number of ether oxygens (including phenoxy) is 1. The first-order valence-electron chi connectivity index (χ1n) is 17.5. The number of carbonyl (C=O) groups excluding carboxylic acids is 5. The van der Waals surface area contributed by atoms with Gasteiger partial charge in [0.2, 0.25) is 17.7 Å². The van der Waals surface area contributed by atoms with E-state index >= 15 is 0 Å². The van der Waals surface area contributed by atoms with Crippen molar-refractivity contribution >= 4 is 35.4 Å². The first kappa shape index (κ1) is 34.5. The lowest BCUT2D eigenvalue weighted by Crippen LogP contribution is -2.63. The van der Waals surface area contributed by atoms with Crippen molar-refractivity contribution in [2.75, 3.05) is 44.2 Å². The van der Waals surface area contributed by atoms with Crippen LogP contribution in [-0.4, -0.2) is 95.7 Å². The van der Waals surface area contributed by atoms with E-state index in [4.69, 9.17) is 4.74 Å². The molecule has 262 valence electrons. The Morgan fingerprint density at radius 3 is 2.41 bits per heavy atom. The molecule has 6 rings (SSSR count). The number of benzene rings is 1. The number of amides is 5.